The van der Waals surface area contributed by atoms with Crippen molar-refractivity contribution in [1.29, 1.82) is 0 Å². The Morgan fingerprint density at radius 2 is 2.15 bits per heavy atom. The fourth-order valence-electron chi connectivity index (χ4n) is 5.55. The predicted molar refractivity (Wildman–Crippen MR) is 140 cm³/mol. The largest absolute Gasteiger partial charge is 0.465 e. The van der Waals surface area contributed by atoms with E-state index in [1.165, 1.54) is 17.2 Å². The summed E-state index contributed by atoms with van der Waals surface area (Å²) in [6.45, 7) is 1.80. The Hall–Kier alpha value is -3.88. The summed E-state index contributed by atoms with van der Waals surface area (Å²) < 4.78 is 25.5. The molecule has 1 aromatic carbocycles. The minimum atomic E-state index is -0.551. The number of aliphatic hydroxyl groups is 1. The molecular formula is C26H30FN7O6. The summed E-state index contributed by atoms with van der Waals surface area (Å²) in [5, 5.41) is 21.3. The minimum Gasteiger partial charge on any atom is -0.465 e. The number of hydrogen-bond acceptors (Lipinski definition) is 10. The first kappa shape index (κ1) is 26.3. The normalized spacial score (nSPS) is 25.2. The maximum Gasteiger partial charge on any atom is 0.415 e. The lowest BCUT2D eigenvalue weighted by molar-refractivity contribution is -0.119. The van der Waals surface area contributed by atoms with E-state index in [0.717, 1.165) is 5.56 Å². The van der Waals surface area contributed by atoms with Crippen molar-refractivity contribution in [3.63, 3.8) is 0 Å². The Morgan fingerprint density at radius 3 is 2.98 bits per heavy atom. The molecule has 0 saturated carbocycles. The Bertz CT molecular complexity index is 1340. The number of ether oxygens (including phenoxy) is 2. The van der Waals surface area contributed by atoms with E-state index in [9.17, 15) is 23.9 Å². The Kier molecular flexibility index (Phi) is 7.21. The second-order valence-electron chi connectivity index (χ2n) is 10.5. The molecule has 0 radical (unpaired) electrons. The van der Waals surface area contributed by atoms with Gasteiger partial charge in [0.2, 0.25) is 5.91 Å². The molecule has 1 aliphatic carbocycles. The lowest BCUT2D eigenvalue weighted by Gasteiger charge is -2.18. The molecule has 4 aliphatic rings. The number of nitrogens with one attached hydrogen (secondary N) is 4. The van der Waals surface area contributed by atoms with E-state index in [1.54, 1.807) is 0 Å². The number of anilines is 3. The van der Waals surface area contributed by atoms with Crippen LogP contribution in [0.3, 0.4) is 0 Å². The fourth-order valence-corrected chi connectivity index (χ4v) is 5.55. The maximum atomic E-state index is 14.8. The second kappa shape index (κ2) is 10.9. The van der Waals surface area contributed by atoms with E-state index in [1.807, 2.05) is 6.07 Å². The van der Waals surface area contributed by atoms with Crippen LogP contribution in [0.1, 0.15) is 24.0 Å². The van der Waals surface area contributed by atoms with Crippen molar-refractivity contribution >= 4 is 35.2 Å². The van der Waals surface area contributed by atoms with Gasteiger partial charge in [0.15, 0.2) is 18.2 Å². The molecule has 0 spiro atoms. The predicted octanol–water partition coefficient (Wildman–Crippen LogP) is 0.328. The van der Waals surface area contributed by atoms with Gasteiger partial charge in [-0.05, 0) is 68.0 Å². The highest BCUT2D eigenvalue weighted by Crippen LogP contribution is 2.32. The van der Waals surface area contributed by atoms with Crippen molar-refractivity contribution in [2.75, 3.05) is 48.3 Å². The molecule has 13 nitrogen and oxygen atoms in total. The molecule has 6 rings (SSSR count). The number of hydrogen-bond donors (Lipinski definition) is 5. The van der Waals surface area contributed by atoms with E-state index in [0.29, 0.717) is 63.1 Å². The summed E-state index contributed by atoms with van der Waals surface area (Å²) in [7, 11) is 0. The number of halogens is 1. The van der Waals surface area contributed by atoms with Gasteiger partial charge >= 0.3 is 6.09 Å². The van der Waals surface area contributed by atoms with Gasteiger partial charge in [-0.3, -0.25) is 14.5 Å². The van der Waals surface area contributed by atoms with Crippen LogP contribution >= 0.6 is 0 Å². The number of benzene rings is 1. The van der Waals surface area contributed by atoms with Crippen molar-refractivity contribution in [3.8, 4) is 5.88 Å². The van der Waals surface area contributed by atoms with Gasteiger partial charge in [-0.25, -0.2) is 19.2 Å². The number of amides is 3. The molecule has 40 heavy (non-hydrogen) atoms. The summed E-state index contributed by atoms with van der Waals surface area (Å²) in [6.07, 6.45) is 2.17. The van der Waals surface area contributed by atoms with Crippen LogP contribution in [0.15, 0.2) is 18.3 Å². The molecule has 0 bridgehead atoms. The van der Waals surface area contributed by atoms with E-state index in [-0.39, 0.29) is 53.8 Å². The maximum absolute atomic E-state index is 14.8. The van der Waals surface area contributed by atoms with Gasteiger partial charge in [0, 0.05) is 12.2 Å². The average molecular weight is 556 g/mol. The number of rotatable bonds is 8. The van der Waals surface area contributed by atoms with Crippen LogP contribution in [0.5, 0.6) is 5.88 Å². The number of aliphatic hydroxyl groups excluding tert-OH is 1. The number of cyclic esters (lactones) is 1. The smallest absolute Gasteiger partial charge is 0.415 e. The molecule has 3 amide bonds. The van der Waals surface area contributed by atoms with Crippen LogP contribution in [-0.4, -0.2) is 84.0 Å². The zero-order valence-electron chi connectivity index (χ0n) is 21.6. The highest BCUT2D eigenvalue weighted by molar-refractivity contribution is 5.95. The van der Waals surface area contributed by atoms with Crippen molar-refractivity contribution in [3.05, 3.63) is 35.3 Å². The van der Waals surface area contributed by atoms with E-state index >= 15 is 0 Å². The number of β-amino-alcohol motifs (C(OH)–C–C–N with tert-alkyl or cyclic N) is 1. The number of aromatic nitrogens is 2. The number of fused-ring (bicyclic) bond motifs is 2. The monoisotopic (exact) mass is 555 g/mol. The van der Waals surface area contributed by atoms with Crippen molar-refractivity contribution < 1.29 is 33.4 Å². The number of nitrogens with zero attached hydrogens (tertiary/aromatic N) is 3. The van der Waals surface area contributed by atoms with Crippen LogP contribution in [0.2, 0.25) is 0 Å². The second-order valence-corrected chi connectivity index (χ2v) is 10.5. The number of carbonyl (C=O) groups excluding carboxylic acids is 3. The molecule has 2 fully saturated rings. The molecule has 3 aliphatic heterocycles. The van der Waals surface area contributed by atoms with Gasteiger partial charge in [0.1, 0.15) is 11.9 Å². The lowest BCUT2D eigenvalue weighted by atomic mass is 10.1. The number of carbonyl (C=O) groups is 3. The first-order valence-corrected chi connectivity index (χ1v) is 13.3. The molecule has 5 N–H and O–H groups in total. The molecule has 4 atom stereocenters. The van der Waals surface area contributed by atoms with E-state index in [2.05, 4.69) is 31.2 Å². The molecule has 1 aromatic heterocycles. The lowest BCUT2D eigenvalue weighted by Crippen LogP contribution is -2.35. The standard InChI is InChI=1S/C26H30FN7O6/c27-19-6-15(31-24(37)20-7-16(35)9-29-20)5-14-3-13(4-18(14)19)8-28-2-1-17-11-34(26(38)40-17)21-10-30-25-23(32-21)33-22(36)12-39-25/h5-6,10,13,16-17,20,28-29,35H,1-4,7-9,11-12H2,(H,31,37)(H,32,33,36). The van der Waals surface area contributed by atoms with E-state index in [4.69, 9.17) is 9.47 Å². The minimum absolute atomic E-state index is 0.131. The van der Waals surface area contributed by atoms with E-state index < -0.39 is 18.2 Å². The molecular weight excluding hydrogens is 525 g/mol. The zero-order chi connectivity index (χ0) is 27.8. The summed E-state index contributed by atoms with van der Waals surface area (Å²) in [5.74, 6) is -0.113. The van der Waals surface area contributed by atoms with Crippen LogP contribution in [-0.2, 0) is 27.2 Å². The van der Waals surface area contributed by atoms with Gasteiger partial charge < -0.3 is 35.8 Å². The Morgan fingerprint density at radius 1 is 1.27 bits per heavy atom. The summed E-state index contributed by atoms with van der Waals surface area (Å²) >= 11 is 0. The highest BCUT2D eigenvalue weighted by Gasteiger charge is 2.34. The topological polar surface area (TPSA) is 167 Å². The third kappa shape index (κ3) is 5.55. The molecule has 4 unspecified atom stereocenters. The summed E-state index contributed by atoms with van der Waals surface area (Å²) in [6, 6.07) is 2.69. The van der Waals surface area contributed by atoms with Crippen LogP contribution in [0.4, 0.5) is 26.5 Å². The summed E-state index contributed by atoms with van der Waals surface area (Å²) in [4.78, 5) is 46.2. The Labute approximate surface area is 228 Å². The van der Waals surface area contributed by atoms with Gasteiger partial charge in [-0.15, -0.1) is 0 Å². The van der Waals surface area contributed by atoms with Crippen molar-refractivity contribution in [2.24, 2.45) is 5.92 Å². The molecule has 212 valence electrons. The van der Waals surface area contributed by atoms with Gasteiger partial charge in [-0.1, -0.05) is 0 Å². The van der Waals surface area contributed by atoms with Gasteiger partial charge in [0.25, 0.3) is 11.8 Å². The SMILES string of the molecule is O=C1COc2ncc(N3CC(CCNCC4Cc5cc(NC(=O)C6CC(O)CN6)cc(F)c5C4)OC3=O)nc2N1. The first-order chi connectivity index (χ1) is 19.3. The molecule has 14 heteroatoms. The van der Waals surface area contributed by atoms with Crippen LogP contribution in [0.25, 0.3) is 0 Å². The fraction of sp³-hybridized carbons (Fsp3) is 0.500. The molecule has 2 aromatic rings. The van der Waals surface area contributed by atoms with Crippen molar-refractivity contribution in [1.82, 2.24) is 20.6 Å². The van der Waals surface area contributed by atoms with Crippen molar-refractivity contribution in [2.45, 2.75) is 43.9 Å². The highest BCUT2D eigenvalue weighted by atomic mass is 19.1. The quantitative estimate of drug-likeness (QED) is 0.286. The average Bonchev–Trinajstić information content (AvgIpc) is 3.64. The Balaban J connectivity index is 0.961. The summed E-state index contributed by atoms with van der Waals surface area (Å²) in [5.41, 5.74) is 1.98. The first-order valence-electron chi connectivity index (χ1n) is 13.3. The van der Waals surface area contributed by atoms with Gasteiger partial charge in [0.05, 0.1) is 24.9 Å². The molecule has 2 saturated heterocycles. The molecule has 4 heterocycles. The third-order valence-corrected chi connectivity index (χ3v) is 7.53. The van der Waals surface area contributed by atoms with Crippen LogP contribution < -0.4 is 30.9 Å². The third-order valence-electron chi connectivity index (χ3n) is 7.53. The van der Waals surface area contributed by atoms with Crippen LogP contribution in [0, 0.1) is 11.7 Å². The zero-order valence-corrected chi connectivity index (χ0v) is 21.6. The van der Waals surface area contributed by atoms with Gasteiger partial charge in [-0.2, -0.15) is 0 Å².